The van der Waals surface area contributed by atoms with E-state index in [9.17, 15) is 9.59 Å². The molecule has 6 nitrogen and oxygen atoms in total. The SMILES string of the molecule is CCC(Oc1ncc(Cl)cc1Cl)C(=O)NCc1cccc(C(=O)OC)c1. The molecule has 26 heavy (non-hydrogen) atoms. The average Bonchev–Trinajstić information content (AvgIpc) is 2.65. The van der Waals surface area contributed by atoms with Gasteiger partial charge in [-0.1, -0.05) is 42.3 Å². The number of nitrogens with one attached hydrogen (secondary N) is 1. The molecule has 0 fully saturated rings. The topological polar surface area (TPSA) is 77.5 Å². The number of benzene rings is 1. The normalized spacial score (nSPS) is 11.5. The van der Waals surface area contributed by atoms with Gasteiger partial charge in [0, 0.05) is 12.7 Å². The molecule has 0 saturated heterocycles. The van der Waals surface area contributed by atoms with Crippen molar-refractivity contribution in [2.75, 3.05) is 7.11 Å². The van der Waals surface area contributed by atoms with Gasteiger partial charge in [0.15, 0.2) is 6.10 Å². The number of amides is 1. The highest BCUT2D eigenvalue weighted by Gasteiger charge is 2.20. The number of carbonyl (C=O) groups is 2. The van der Waals surface area contributed by atoms with Crippen LogP contribution in [0.3, 0.4) is 0 Å². The van der Waals surface area contributed by atoms with E-state index in [-0.39, 0.29) is 23.4 Å². The highest BCUT2D eigenvalue weighted by Crippen LogP contribution is 2.25. The van der Waals surface area contributed by atoms with Crippen molar-refractivity contribution in [2.24, 2.45) is 0 Å². The van der Waals surface area contributed by atoms with E-state index in [1.165, 1.54) is 19.4 Å². The zero-order valence-corrected chi connectivity index (χ0v) is 15.8. The molecule has 0 radical (unpaired) electrons. The number of methoxy groups -OCH3 is 1. The number of carbonyl (C=O) groups excluding carboxylic acids is 2. The van der Waals surface area contributed by atoms with Crippen LogP contribution in [0.1, 0.15) is 29.3 Å². The predicted molar refractivity (Wildman–Crippen MR) is 98.6 cm³/mol. The highest BCUT2D eigenvalue weighted by atomic mass is 35.5. The monoisotopic (exact) mass is 396 g/mol. The smallest absolute Gasteiger partial charge is 0.337 e. The number of esters is 1. The lowest BCUT2D eigenvalue weighted by atomic mass is 10.1. The van der Waals surface area contributed by atoms with Gasteiger partial charge in [0.05, 0.1) is 17.7 Å². The van der Waals surface area contributed by atoms with Gasteiger partial charge in [-0.2, -0.15) is 0 Å². The summed E-state index contributed by atoms with van der Waals surface area (Å²) in [6.07, 6.45) is 1.06. The quantitative estimate of drug-likeness (QED) is 0.722. The third kappa shape index (κ3) is 5.34. The maximum atomic E-state index is 12.4. The number of rotatable bonds is 7. The summed E-state index contributed by atoms with van der Waals surface area (Å²) in [6.45, 7) is 2.05. The fraction of sp³-hybridized carbons (Fsp3) is 0.278. The van der Waals surface area contributed by atoms with Gasteiger partial charge in [0.1, 0.15) is 5.02 Å². The van der Waals surface area contributed by atoms with Crippen molar-refractivity contribution in [1.82, 2.24) is 10.3 Å². The van der Waals surface area contributed by atoms with E-state index < -0.39 is 12.1 Å². The Hall–Kier alpha value is -2.31. The third-order valence-electron chi connectivity index (χ3n) is 3.51. The van der Waals surface area contributed by atoms with E-state index in [4.69, 9.17) is 27.9 Å². The maximum Gasteiger partial charge on any atom is 0.337 e. The van der Waals surface area contributed by atoms with Gasteiger partial charge in [-0.3, -0.25) is 4.79 Å². The van der Waals surface area contributed by atoms with E-state index in [1.807, 2.05) is 6.92 Å². The molecule has 0 spiro atoms. The van der Waals surface area contributed by atoms with Gasteiger partial charge in [-0.15, -0.1) is 0 Å². The highest BCUT2D eigenvalue weighted by molar-refractivity contribution is 6.35. The van der Waals surface area contributed by atoms with Gasteiger partial charge in [0.25, 0.3) is 5.91 Å². The summed E-state index contributed by atoms with van der Waals surface area (Å²) in [7, 11) is 1.32. The molecule has 1 aromatic heterocycles. The molecular weight excluding hydrogens is 379 g/mol. The molecule has 1 unspecified atom stereocenters. The molecule has 0 aliphatic carbocycles. The molecule has 2 rings (SSSR count). The van der Waals surface area contributed by atoms with Crippen LogP contribution in [0.2, 0.25) is 10.0 Å². The molecule has 1 heterocycles. The predicted octanol–water partition coefficient (Wildman–Crippen LogP) is 3.65. The number of hydrogen-bond acceptors (Lipinski definition) is 5. The third-order valence-corrected chi connectivity index (χ3v) is 3.98. The lowest BCUT2D eigenvalue weighted by molar-refractivity contribution is -0.128. The molecule has 0 aliphatic heterocycles. The van der Waals surface area contributed by atoms with Gasteiger partial charge in [0.2, 0.25) is 5.88 Å². The number of ether oxygens (including phenoxy) is 2. The van der Waals surface area contributed by atoms with Gasteiger partial charge < -0.3 is 14.8 Å². The summed E-state index contributed by atoms with van der Waals surface area (Å²) in [5.74, 6) is -0.606. The first-order chi connectivity index (χ1) is 12.4. The fourth-order valence-corrected chi connectivity index (χ4v) is 2.60. The fourth-order valence-electron chi connectivity index (χ4n) is 2.17. The molecule has 0 aliphatic rings. The summed E-state index contributed by atoms with van der Waals surface area (Å²) < 4.78 is 10.3. The lowest BCUT2D eigenvalue weighted by Gasteiger charge is -2.17. The second-order valence-corrected chi connectivity index (χ2v) is 6.21. The van der Waals surface area contributed by atoms with Crippen LogP contribution < -0.4 is 10.1 Å². The minimum Gasteiger partial charge on any atom is -0.465 e. The molecule has 1 N–H and O–H groups in total. The van der Waals surface area contributed by atoms with Gasteiger partial charge in [-0.25, -0.2) is 9.78 Å². The van der Waals surface area contributed by atoms with Crippen LogP contribution in [0.25, 0.3) is 0 Å². The van der Waals surface area contributed by atoms with Crippen LogP contribution in [0.5, 0.6) is 5.88 Å². The standard InChI is InChI=1S/C18H18Cl2N2O4/c1-3-15(26-17-14(20)8-13(19)10-22-17)16(23)21-9-11-5-4-6-12(7-11)18(24)25-2/h4-8,10,15H,3,9H2,1-2H3,(H,21,23). The number of halogens is 2. The number of aromatic nitrogens is 1. The Morgan fingerprint density at radius 1 is 1.27 bits per heavy atom. The van der Waals surface area contributed by atoms with Crippen molar-refractivity contribution in [2.45, 2.75) is 26.0 Å². The summed E-state index contributed by atoms with van der Waals surface area (Å²) in [5.41, 5.74) is 1.18. The van der Waals surface area contributed by atoms with Gasteiger partial charge in [-0.05, 0) is 30.2 Å². The molecule has 0 saturated carbocycles. The van der Waals surface area contributed by atoms with E-state index in [2.05, 4.69) is 15.0 Å². The van der Waals surface area contributed by atoms with Crippen LogP contribution in [-0.2, 0) is 16.1 Å². The lowest BCUT2D eigenvalue weighted by Crippen LogP contribution is -2.37. The Balaban J connectivity index is 2.00. The van der Waals surface area contributed by atoms with E-state index in [0.29, 0.717) is 17.0 Å². The molecule has 1 atom stereocenters. The van der Waals surface area contributed by atoms with Crippen molar-refractivity contribution >= 4 is 35.1 Å². The second-order valence-electron chi connectivity index (χ2n) is 5.37. The summed E-state index contributed by atoms with van der Waals surface area (Å²) >= 11 is 11.8. The Kier molecular flexibility index (Phi) is 7.24. The van der Waals surface area contributed by atoms with Crippen LogP contribution in [0, 0.1) is 0 Å². The molecule has 0 bridgehead atoms. The second kappa shape index (κ2) is 9.40. The Morgan fingerprint density at radius 3 is 2.69 bits per heavy atom. The molecule has 8 heteroatoms. The molecular formula is C18H18Cl2N2O4. The minimum atomic E-state index is -0.759. The van der Waals surface area contributed by atoms with Crippen LogP contribution in [0.15, 0.2) is 36.5 Å². The first kappa shape index (κ1) is 20.0. The zero-order valence-electron chi connectivity index (χ0n) is 14.3. The van der Waals surface area contributed by atoms with Crippen LogP contribution >= 0.6 is 23.2 Å². The van der Waals surface area contributed by atoms with E-state index in [0.717, 1.165) is 5.56 Å². The van der Waals surface area contributed by atoms with Crippen molar-refractivity contribution < 1.29 is 19.1 Å². The Bertz CT molecular complexity index is 799. The Labute approximate surface area is 161 Å². The number of pyridine rings is 1. The molecule has 2 aromatic rings. The summed E-state index contributed by atoms with van der Waals surface area (Å²) in [5, 5.41) is 3.38. The van der Waals surface area contributed by atoms with Crippen molar-refractivity contribution in [3.05, 3.63) is 57.7 Å². The van der Waals surface area contributed by atoms with Crippen molar-refractivity contribution in [3.8, 4) is 5.88 Å². The maximum absolute atomic E-state index is 12.4. The van der Waals surface area contributed by atoms with E-state index in [1.54, 1.807) is 24.3 Å². The van der Waals surface area contributed by atoms with Crippen molar-refractivity contribution in [3.63, 3.8) is 0 Å². The minimum absolute atomic E-state index is 0.144. The molecule has 138 valence electrons. The van der Waals surface area contributed by atoms with Crippen LogP contribution in [0.4, 0.5) is 0 Å². The first-order valence-electron chi connectivity index (χ1n) is 7.87. The van der Waals surface area contributed by atoms with Crippen LogP contribution in [-0.4, -0.2) is 30.1 Å². The molecule has 1 amide bonds. The summed E-state index contributed by atoms with van der Waals surface area (Å²) in [6, 6.07) is 8.31. The van der Waals surface area contributed by atoms with Gasteiger partial charge >= 0.3 is 5.97 Å². The number of nitrogens with zero attached hydrogens (tertiary/aromatic N) is 1. The van der Waals surface area contributed by atoms with Crippen molar-refractivity contribution in [1.29, 1.82) is 0 Å². The average molecular weight is 397 g/mol. The summed E-state index contributed by atoms with van der Waals surface area (Å²) in [4.78, 5) is 27.9. The molecule has 1 aromatic carbocycles. The Morgan fingerprint density at radius 2 is 2.04 bits per heavy atom. The number of hydrogen-bond donors (Lipinski definition) is 1. The zero-order chi connectivity index (χ0) is 19.1. The van der Waals surface area contributed by atoms with E-state index >= 15 is 0 Å². The largest absolute Gasteiger partial charge is 0.465 e. The first-order valence-corrected chi connectivity index (χ1v) is 8.62.